The molecule has 2 aromatic carbocycles. The zero-order valence-electron chi connectivity index (χ0n) is 22.4. The highest BCUT2D eigenvalue weighted by molar-refractivity contribution is 6.33. The van der Waals surface area contributed by atoms with Crippen LogP contribution in [0.2, 0.25) is 5.02 Å². The molecule has 5 rings (SSSR count). The molecule has 41 heavy (non-hydrogen) atoms. The zero-order valence-corrected chi connectivity index (χ0v) is 23.2. The Hall–Kier alpha value is -4.55. The van der Waals surface area contributed by atoms with Crippen molar-refractivity contribution >= 4 is 46.3 Å². The highest BCUT2D eigenvalue weighted by atomic mass is 35.5. The van der Waals surface area contributed by atoms with Crippen LogP contribution in [0, 0.1) is 0 Å². The van der Waals surface area contributed by atoms with Crippen molar-refractivity contribution in [3.05, 3.63) is 65.4 Å². The van der Waals surface area contributed by atoms with Crippen LogP contribution in [-0.4, -0.2) is 69.0 Å². The Morgan fingerprint density at radius 1 is 1.02 bits per heavy atom. The van der Waals surface area contributed by atoms with Gasteiger partial charge in [-0.15, -0.1) is 0 Å². The Morgan fingerprint density at radius 3 is 2.37 bits per heavy atom. The summed E-state index contributed by atoms with van der Waals surface area (Å²) in [7, 11) is 0. The summed E-state index contributed by atoms with van der Waals surface area (Å²) in [5.74, 6) is -0.218. The molecule has 0 unspecified atom stereocenters. The lowest BCUT2D eigenvalue weighted by atomic mass is 9.86. The summed E-state index contributed by atoms with van der Waals surface area (Å²) < 4.78 is 1.86. The zero-order chi connectivity index (χ0) is 29.1. The van der Waals surface area contributed by atoms with Crippen molar-refractivity contribution in [3.63, 3.8) is 0 Å². The summed E-state index contributed by atoms with van der Waals surface area (Å²) in [6, 6.07) is 14.2. The van der Waals surface area contributed by atoms with E-state index in [1.807, 2.05) is 29.7 Å². The van der Waals surface area contributed by atoms with E-state index in [0.717, 1.165) is 0 Å². The van der Waals surface area contributed by atoms with Crippen LogP contribution in [0.3, 0.4) is 0 Å². The van der Waals surface area contributed by atoms with E-state index in [-0.39, 0.29) is 12.5 Å². The number of carbonyl (C=O) groups excluding carboxylic acids is 3. The molecular formula is C28H30ClN9O3. The number of halogens is 1. The van der Waals surface area contributed by atoms with Crippen LogP contribution in [0.25, 0.3) is 28.2 Å². The number of anilines is 1. The lowest BCUT2D eigenvalue weighted by molar-refractivity contribution is -0.125. The number of hydrogen-bond acceptors (Lipinski definition) is 8. The molecule has 0 bridgehead atoms. The Balaban J connectivity index is 1.57. The number of nitrogens with two attached hydrogens (primary N) is 2. The number of fused-ring (bicyclic) bond motifs is 1. The van der Waals surface area contributed by atoms with Gasteiger partial charge in [0.2, 0.25) is 11.8 Å². The number of amides is 3. The van der Waals surface area contributed by atoms with Crippen molar-refractivity contribution in [1.82, 2.24) is 30.2 Å². The summed E-state index contributed by atoms with van der Waals surface area (Å²) in [6.07, 6.45) is 2.54. The number of imidazole rings is 1. The van der Waals surface area contributed by atoms with E-state index >= 15 is 0 Å². The summed E-state index contributed by atoms with van der Waals surface area (Å²) in [4.78, 5) is 52.0. The number of carbonyl (C=O) groups is 3. The van der Waals surface area contributed by atoms with Gasteiger partial charge in [0.1, 0.15) is 17.7 Å². The summed E-state index contributed by atoms with van der Waals surface area (Å²) in [5, 5.41) is 6.27. The van der Waals surface area contributed by atoms with Crippen molar-refractivity contribution in [2.45, 2.75) is 25.3 Å². The van der Waals surface area contributed by atoms with E-state index < -0.39 is 17.4 Å². The first-order chi connectivity index (χ1) is 19.7. The Bertz CT molecular complexity index is 1610. The molecular weight excluding hydrogens is 546 g/mol. The molecule has 0 spiro atoms. The van der Waals surface area contributed by atoms with Gasteiger partial charge in [-0.3, -0.25) is 19.0 Å². The molecule has 0 aliphatic carbocycles. The standard InChI is InChI=1S/C28H30ClN9O3/c1-2-35-28(27(31)41)11-13-37(14-12-28)24-22-25(34-16-33-24)38(23(36-22)19-5-3-4-6-20(19)29)18-9-7-17(8-10-18)26(40)32-15-21(30)39/h3-10,16,35H,2,11-15H2,1H3,(H2,30,39)(H2,31,41)(H,32,40). The Kier molecular flexibility index (Phi) is 7.86. The lowest BCUT2D eigenvalue weighted by Gasteiger charge is -2.40. The van der Waals surface area contributed by atoms with Gasteiger partial charge in [0.05, 0.1) is 11.6 Å². The Morgan fingerprint density at radius 2 is 1.73 bits per heavy atom. The van der Waals surface area contributed by atoms with Crippen molar-refractivity contribution < 1.29 is 14.4 Å². The van der Waals surface area contributed by atoms with Gasteiger partial charge >= 0.3 is 0 Å². The molecule has 4 aromatic rings. The Labute approximate surface area is 241 Å². The number of nitrogens with one attached hydrogen (secondary N) is 2. The molecule has 1 saturated heterocycles. The van der Waals surface area contributed by atoms with Gasteiger partial charge in [-0.2, -0.15) is 0 Å². The smallest absolute Gasteiger partial charge is 0.251 e. The molecule has 6 N–H and O–H groups in total. The molecule has 0 radical (unpaired) electrons. The summed E-state index contributed by atoms with van der Waals surface area (Å²) in [6.45, 7) is 3.43. The molecule has 212 valence electrons. The normalized spacial score (nSPS) is 14.6. The number of primary amides is 2. The molecule has 3 amide bonds. The molecule has 12 nitrogen and oxygen atoms in total. The molecule has 3 heterocycles. The number of rotatable bonds is 9. The summed E-state index contributed by atoms with van der Waals surface area (Å²) in [5.41, 5.74) is 13.0. The van der Waals surface area contributed by atoms with E-state index in [9.17, 15) is 14.4 Å². The first-order valence-corrected chi connectivity index (χ1v) is 13.6. The first kappa shape index (κ1) is 28.0. The predicted octanol–water partition coefficient (Wildman–Crippen LogP) is 1.78. The van der Waals surface area contributed by atoms with Gasteiger partial charge in [-0.05, 0) is 55.8 Å². The molecule has 2 aromatic heterocycles. The number of hydrogen-bond donors (Lipinski definition) is 4. The third-order valence-corrected chi connectivity index (χ3v) is 7.58. The van der Waals surface area contributed by atoms with E-state index in [1.165, 1.54) is 6.33 Å². The fourth-order valence-corrected chi connectivity index (χ4v) is 5.38. The second kappa shape index (κ2) is 11.5. The number of aromatic nitrogens is 4. The first-order valence-electron chi connectivity index (χ1n) is 13.2. The number of nitrogens with zero attached hydrogens (tertiary/aromatic N) is 5. The number of piperidine rings is 1. The molecule has 0 saturated carbocycles. The number of likely N-dealkylation sites (N-methyl/N-ethyl adjacent to an activating group) is 1. The van der Waals surface area contributed by atoms with E-state index in [4.69, 9.17) is 28.1 Å². The third-order valence-electron chi connectivity index (χ3n) is 7.25. The maximum atomic E-state index is 12.4. The molecule has 1 aliphatic heterocycles. The maximum absolute atomic E-state index is 12.4. The summed E-state index contributed by atoms with van der Waals surface area (Å²) >= 11 is 6.61. The van der Waals surface area contributed by atoms with Crippen LogP contribution >= 0.6 is 11.6 Å². The van der Waals surface area contributed by atoms with E-state index in [1.54, 1.807) is 30.3 Å². The minimum Gasteiger partial charge on any atom is -0.368 e. The molecule has 13 heteroatoms. The van der Waals surface area contributed by atoms with Gasteiger partial charge < -0.3 is 27.0 Å². The van der Waals surface area contributed by atoms with Crippen molar-refractivity contribution in [1.29, 1.82) is 0 Å². The highest BCUT2D eigenvalue weighted by Crippen LogP contribution is 2.35. The number of benzene rings is 2. The highest BCUT2D eigenvalue weighted by Gasteiger charge is 2.40. The van der Waals surface area contributed by atoms with Crippen LogP contribution in [0.4, 0.5) is 5.82 Å². The topological polar surface area (TPSA) is 174 Å². The van der Waals surface area contributed by atoms with Crippen molar-refractivity contribution in [3.8, 4) is 17.1 Å². The van der Waals surface area contributed by atoms with Crippen LogP contribution in [0.1, 0.15) is 30.1 Å². The van der Waals surface area contributed by atoms with Crippen molar-refractivity contribution in [2.24, 2.45) is 11.5 Å². The van der Waals surface area contributed by atoms with Crippen LogP contribution in [-0.2, 0) is 9.59 Å². The molecule has 1 aliphatic rings. The largest absolute Gasteiger partial charge is 0.368 e. The van der Waals surface area contributed by atoms with E-state index in [0.29, 0.717) is 77.1 Å². The second-order valence-corrected chi connectivity index (χ2v) is 10.2. The van der Waals surface area contributed by atoms with Crippen LogP contribution < -0.4 is 27.0 Å². The minimum absolute atomic E-state index is 0.255. The van der Waals surface area contributed by atoms with Gasteiger partial charge in [-0.1, -0.05) is 30.7 Å². The molecule has 1 fully saturated rings. The predicted molar refractivity (Wildman–Crippen MR) is 156 cm³/mol. The van der Waals surface area contributed by atoms with Gasteiger partial charge in [0.15, 0.2) is 17.0 Å². The van der Waals surface area contributed by atoms with Crippen LogP contribution in [0.5, 0.6) is 0 Å². The quantitative estimate of drug-likeness (QED) is 0.233. The average molecular weight is 576 g/mol. The van der Waals surface area contributed by atoms with Gasteiger partial charge in [-0.25, -0.2) is 15.0 Å². The minimum atomic E-state index is -0.759. The van der Waals surface area contributed by atoms with E-state index in [2.05, 4.69) is 25.5 Å². The third kappa shape index (κ3) is 5.43. The fraction of sp³-hybridized carbons (Fsp3) is 0.286. The molecule has 0 atom stereocenters. The SMILES string of the molecule is CCNC1(C(N)=O)CCN(c2ncnc3c2nc(-c2ccccc2Cl)n3-c2ccc(C(=O)NCC(N)=O)cc2)CC1. The monoisotopic (exact) mass is 575 g/mol. The van der Waals surface area contributed by atoms with Gasteiger partial charge in [0.25, 0.3) is 5.91 Å². The fourth-order valence-electron chi connectivity index (χ4n) is 5.16. The van der Waals surface area contributed by atoms with Gasteiger partial charge in [0, 0.05) is 29.9 Å². The average Bonchev–Trinajstić information content (AvgIpc) is 3.36. The maximum Gasteiger partial charge on any atom is 0.251 e. The lowest BCUT2D eigenvalue weighted by Crippen LogP contribution is -2.61. The van der Waals surface area contributed by atoms with Crippen LogP contribution in [0.15, 0.2) is 54.9 Å². The second-order valence-electron chi connectivity index (χ2n) is 9.78. The van der Waals surface area contributed by atoms with Crippen molar-refractivity contribution in [2.75, 3.05) is 31.1 Å².